The van der Waals surface area contributed by atoms with Crippen molar-refractivity contribution < 1.29 is 14.0 Å². The second kappa shape index (κ2) is 6.10. The number of nitrogens with zero attached hydrogens (tertiary/aromatic N) is 2. The van der Waals surface area contributed by atoms with Crippen molar-refractivity contribution >= 4 is 0 Å². The van der Waals surface area contributed by atoms with Crippen LogP contribution in [0.4, 0.5) is 0 Å². The van der Waals surface area contributed by atoms with Crippen LogP contribution in [-0.2, 0) is 19.5 Å². The number of hydroxylamine groups is 6. The van der Waals surface area contributed by atoms with Crippen LogP contribution in [0.15, 0.2) is 12.1 Å². The molecule has 0 spiro atoms. The largest absolute Gasteiger partial charge is 0.633 e. The molecule has 0 aliphatic heterocycles. The fourth-order valence-electron chi connectivity index (χ4n) is 2.35. The minimum Gasteiger partial charge on any atom is -0.633 e. The Morgan fingerprint density at radius 1 is 0.950 bits per heavy atom. The summed E-state index contributed by atoms with van der Waals surface area (Å²) in [6.45, 7) is 2.72. The van der Waals surface area contributed by atoms with E-state index in [1.54, 1.807) is 35.3 Å². The van der Waals surface area contributed by atoms with Crippen molar-refractivity contribution in [3.8, 4) is 5.75 Å². The summed E-state index contributed by atoms with van der Waals surface area (Å²) in [4.78, 5) is 0. The maximum Gasteiger partial charge on any atom is 0.136 e. The Kier molecular flexibility index (Phi) is 5.15. The molecule has 0 bridgehead atoms. The van der Waals surface area contributed by atoms with E-state index in [4.69, 9.17) is 4.74 Å². The Hall–Kier alpha value is -1.14. The van der Waals surface area contributed by atoms with Crippen LogP contribution in [0.3, 0.4) is 0 Å². The van der Waals surface area contributed by atoms with Crippen molar-refractivity contribution in [2.45, 2.75) is 26.4 Å². The topological polar surface area (TPSA) is 55.3 Å². The molecule has 1 aromatic rings. The van der Waals surface area contributed by atoms with Gasteiger partial charge in [0.15, 0.2) is 0 Å². The van der Waals surface area contributed by atoms with Gasteiger partial charge < -0.3 is 24.4 Å². The second-order valence-corrected chi connectivity index (χ2v) is 6.26. The van der Waals surface area contributed by atoms with Gasteiger partial charge in [-0.2, -0.15) is 0 Å². The van der Waals surface area contributed by atoms with Crippen LogP contribution in [0, 0.1) is 10.4 Å². The summed E-state index contributed by atoms with van der Waals surface area (Å²) in [6, 6.07) is 4.01. The molecule has 0 radical (unpaired) electrons. The van der Waals surface area contributed by atoms with Gasteiger partial charge in [0.1, 0.15) is 18.8 Å². The van der Waals surface area contributed by atoms with Crippen molar-refractivity contribution in [3.63, 3.8) is 0 Å². The predicted molar refractivity (Wildman–Crippen MR) is 80.7 cm³/mol. The van der Waals surface area contributed by atoms with E-state index in [0.29, 0.717) is 18.8 Å². The molecule has 0 atom stereocenters. The van der Waals surface area contributed by atoms with Gasteiger partial charge in [0.05, 0.1) is 35.3 Å². The fourth-order valence-corrected chi connectivity index (χ4v) is 2.35. The Balaban J connectivity index is 3.31. The number of hydrogen-bond donors (Lipinski definition) is 0. The minimum absolute atomic E-state index is 0.330. The highest BCUT2D eigenvalue weighted by Crippen LogP contribution is 2.30. The Labute approximate surface area is 121 Å². The first kappa shape index (κ1) is 16.9. The maximum atomic E-state index is 12.0. The molecule has 20 heavy (non-hydrogen) atoms. The summed E-state index contributed by atoms with van der Waals surface area (Å²) < 4.78 is 4.63. The lowest BCUT2D eigenvalue weighted by Gasteiger charge is -2.36. The smallest absolute Gasteiger partial charge is 0.136 e. The van der Waals surface area contributed by atoms with Crippen molar-refractivity contribution in [2.24, 2.45) is 0 Å². The Morgan fingerprint density at radius 3 is 1.60 bits per heavy atom. The zero-order valence-electron chi connectivity index (χ0n) is 13.4. The highest BCUT2D eigenvalue weighted by molar-refractivity contribution is 5.44. The lowest BCUT2D eigenvalue weighted by atomic mass is 10.0. The molecule has 0 unspecified atom stereocenters. The molecule has 5 heteroatoms. The van der Waals surface area contributed by atoms with Crippen LogP contribution in [0.25, 0.3) is 0 Å². The standard InChI is InChI=1S/C15H26N2O3/c1-7-12-8-13(10-16(2,3)18)15(20-6)14(9-12)11-17(4,5)19/h8-9H,7,10-11H2,1-6H3. The zero-order valence-corrected chi connectivity index (χ0v) is 13.4. The average molecular weight is 282 g/mol. The Morgan fingerprint density at radius 2 is 1.35 bits per heavy atom. The quantitative estimate of drug-likeness (QED) is 0.594. The van der Waals surface area contributed by atoms with Gasteiger partial charge in [-0.1, -0.05) is 6.92 Å². The summed E-state index contributed by atoms with van der Waals surface area (Å²) in [6.07, 6.45) is 0.864. The lowest BCUT2D eigenvalue weighted by Crippen LogP contribution is -2.33. The number of rotatable bonds is 6. The second-order valence-electron chi connectivity index (χ2n) is 6.26. The van der Waals surface area contributed by atoms with Crippen LogP contribution in [0.2, 0.25) is 0 Å². The summed E-state index contributed by atoms with van der Waals surface area (Å²) >= 11 is 0. The molecule has 0 fully saturated rings. The molecule has 0 heterocycles. The molecule has 1 rings (SSSR count). The summed E-state index contributed by atoms with van der Waals surface area (Å²) in [5.74, 6) is 0.673. The summed E-state index contributed by atoms with van der Waals surface area (Å²) in [5.41, 5.74) is 2.86. The zero-order chi connectivity index (χ0) is 15.6. The van der Waals surface area contributed by atoms with Crippen LogP contribution >= 0.6 is 0 Å². The SMILES string of the molecule is CCc1cc(C[N+](C)(C)[O-])c(OC)c(C[N+](C)(C)[O-])c1. The van der Waals surface area contributed by atoms with E-state index in [2.05, 4.69) is 6.92 Å². The van der Waals surface area contributed by atoms with Crippen LogP contribution in [-0.4, -0.2) is 44.6 Å². The molecular weight excluding hydrogens is 256 g/mol. The number of aryl methyl sites for hydroxylation is 1. The van der Waals surface area contributed by atoms with E-state index in [0.717, 1.165) is 23.1 Å². The molecule has 1 aromatic carbocycles. The van der Waals surface area contributed by atoms with Crippen molar-refractivity contribution in [2.75, 3.05) is 35.3 Å². The van der Waals surface area contributed by atoms with Crippen LogP contribution in [0.5, 0.6) is 5.75 Å². The number of quaternary nitrogens is 2. The molecule has 0 aliphatic carbocycles. The molecule has 0 saturated carbocycles. The summed E-state index contributed by atoms with van der Waals surface area (Å²) in [7, 11) is 8.00. The highest BCUT2D eigenvalue weighted by atomic mass is 16.5. The number of ether oxygens (including phenoxy) is 1. The van der Waals surface area contributed by atoms with Crippen LogP contribution < -0.4 is 4.74 Å². The third-order valence-electron chi connectivity index (χ3n) is 3.02. The number of methoxy groups -OCH3 is 1. The van der Waals surface area contributed by atoms with E-state index in [-0.39, 0.29) is 0 Å². The van der Waals surface area contributed by atoms with Gasteiger partial charge in [-0.25, -0.2) is 0 Å². The van der Waals surface area contributed by atoms with E-state index < -0.39 is 9.29 Å². The summed E-state index contributed by atoms with van der Waals surface area (Å²) in [5, 5.41) is 23.9. The predicted octanol–water partition coefficient (Wildman–Crippen LogP) is 2.41. The van der Waals surface area contributed by atoms with Crippen LogP contribution in [0.1, 0.15) is 23.6 Å². The normalized spacial score (nSPS) is 12.6. The third kappa shape index (κ3) is 5.09. The van der Waals surface area contributed by atoms with E-state index >= 15 is 0 Å². The van der Waals surface area contributed by atoms with E-state index in [9.17, 15) is 10.4 Å². The first-order valence-corrected chi connectivity index (χ1v) is 6.82. The highest BCUT2D eigenvalue weighted by Gasteiger charge is 2.18. The molecule has 5 nitrogen and oxygen atoms in total. The number of hydrogen-bond acceptors (Lipinski definition) is 3. The molecule has 0 N–H and O–H groups in total. The van der Waals surface area contributed by atoms with E-state index in [1.165, 1.54) is 0 Å². The van der Waals surface area contributed by atoms with Gasteiger partial charge >= 0.3 is 0 Å². The lowest BCUT2D eigenvalue weighted by molar-refractivity contribution is -0.854. The van der Waals surface area contributed by atoms with Crippen molar-refractivity contribution in [1.29, 1.82) is 0 Å². The number of benzene rings is 1. The maximum absolute atomic E-state index is 12.0. The first-order valence-electron chi connectivity index (χ1n) is 6.82. The molecule has 114 valence electrons. The van der Waals surface area contributed by atoms with Gasteiger partial charge in [-0.3, -0.25) is 0 Å². The van der Waals surface area contributed by atoms with Gasteiger partial charge in [-0.15, -0.1) is 0 Å². The molecule has 0 saturated heterocycles. The van der Waals surface area contributed by atoms with Gasteiger partial charge in [0.25, 0.3) is 0 Å². The van der Waals surface area contributed by atoms with E-state index in [1.807, 2.05) is 12.1 Å². The molecule has 0 amide bonds. The fraction of sp³-hybridized carbons (Fsp3) is 0.600. The molecule has 0 aliphatic rings. The third-order valence-corrected chi connectivity index (χ3v) is 3.02. The minimum atomic E-state index is -0.418. The Bertz CT molecular complexity index is 422. The van der Waals surface area contributed by atoms with Crippen molar-refractivity contribution in [1.82, 2.24) is 0 Å². The molecular formula is C15H26N2O3. The first-order chi connectivity index (χ1) is 9.05. The molecule has 0 aromatic heterocycles. The average Bonchev–Trinajstić information content (AvgIpc) is 2.24. The van der Waals surface area contributed by atoms with Crippen molar-refractivity contribution in [3.05, 3.63) is 39.2 Å². The van der Waals surface area contributed by atoms with Gasteiger partial charge in [-0.05, 0) is 24.1 Å². The van der Waals surface area contributed by atoms with Gasteiger partial charge in [0, 0.05) is 11.1 Å². The monoisotopic (exact) mass is 282 g/mol. The van der Waals surface area contributed by atoms with Gasteiger partial charge in [0.2, 0.25) is 0 Å².